The highest BCUT2D eigenvalue weighted by atomic mass is 16.5. The fourth-order valence-electron chi connectivity index (χ4n) is 5.13. The molecule has 2 fully saturated rings. The summed E-state index contributed by atoms with van der Waals surface area (Å²) >= 11 is 0. The van der Waals surface area contributed by atoms with Crippen molar-refractivity contribution in [2.24, 2.45) is 0 Å². The van der Waals surface area contributed by atoms with Crippen molar-refractivity contribution in [3.8, 4) is 11.5 Å². The Kier molecular flexibility index (Phi) is 6.24. The van der Waals surface area contributed by atoms with Crippen molar-refractivity contribution in [1.29, 1.82) is 0 Å². The van der Waals surface area contributed by atoms with E-state index in [0.29, 0.717) is 30.9 Å². The minimum absolute atomic E-state index is 0.177. The van der Waals surface area contributed by atoms with E-state index in [-0.39, 0.29) is 30.0 Å². The number of hydrogen-bond donors (Lipinski definition) is 2. The van der Waals surface area contributed by atoms with Crippen LogP contribution in [0.3, 0.4) is 0 Å². The molecule has 3 aliphatic heterocycles. The zero-order valence-corrected chi connectivity index (χ0v) is 19.0. The summed E-state index contributed by atoms with van der Waals surface area (Å²) in [4.78, 5) is 40.6. The summed E-state index contributed by atoms with van der Waals surface area (Å²) < 4.78 is 6.17. The monoisotopic (exact) mass is 463 g/mol. The number of carbonyl (C=O) groups is 3. The summed E-state index contributed by atoms with van der Waals surface area (Å²) in [5.74, 6) is 0.118. The lowest BCUT2D eigenvalue weighted by Gasteiger charge is -2.35. The largest absolute Gasteiger partial charge is 0.508 e. The Morgan fingerprint density at radius 1 is 1.03 bits per heavy atom. The third kappa shape index (κ3) is 4.63. The van der Waals surface area contributed by atoms with Gasteiger partial charge in [-0.05, 0) is 67.3 Å². The highest BCUT2D eigenvalue weighted by molar-refractivity contribution is 6.05. The molecule has 8 nitrogen and oxygen atoms in total. The van der Waals surface area contributed by atoms with E-state index in [4.69, 9.17) is 4.74 Å². The molecule has 0 aromatic heterocycles. The molecule has 3 aliphatic rings. The molecule has 0 spiro atoms. The number of nitrogens with zero attached hydrogens (tertiary/aromatic N) is 2. The molecule has 3 heterocycles. The number of nitrogens with one attached hydrogen (secondary N) is 1. The minimum atomic E-state index is -0.613. The van der Waals surface area contributed by atoms with Crippen LogP contribution in [0.4, 0.5) is 0 Å². The van der Waals surface area contributed by atoms with Gasteiger partial charge in [-0.2, -0.15) is 0 Å². The quantitative estimate of drug-likeness (QED) is 0.639. The Morgan fingerprint density at radius 3 is 2.65 bits per heavy atom. The van der Waals surface area contributed by atoms with Gasteiger partial charge in [-0.25, -0.2) is 0 Å². The highest BCUT2D eigenvalue weighted by Crippen LogP contribution is 2.30. The topological polar surface area (TPSA) is 99.2 Å². The molecule has 178 valence electrons. The fourth-order valence-corrected chi connectivity index (χ4v) is 5.13. The predicted octanol–water partition coefficient (Wildman–Crippen LogP) is 2.59. The van der Waals surface area contributed by atoms with Crippen molar-refractivity contribution in [2.75, 3.05) is 13.2 Å². The van der Waals surface area contributed by atoms with Crippen molar-refractivity contribution in [2.45, 2.75) is 57.3 Å². The van der Waals surface area contributed by atoms with Crippen LogP contribution in [0.1, 0.15) is 53.6 Å². The number of ether oxygens (including phenoxy) is 1. The molecule has 2 saturated heterocycles. The number of amides is 3. The summed E-state index contributed by atoms with van der Waals surface area (Å²) in [7, 11) is 0. The number of imide groups is 1. The van der Waals surface area contributed by atoms with Gasteiger partial charge in [0.1, 0.15) is 24.1 Å². The Morgan fingerprint density at radius 2 is 1.85 bits per heavy atom. The van der Waals surface area contributed by atoms with Crippen LogP contribution in [0.25, 0.3) is 0 Å². The number of phenols is 1. The van der Waals surface area contributed by atoms with E-state index in [1.165, 1.54) is 6.42 Å². The number of carbonyl (C=O) groups excluding carboxylic acids is 3. The molecule has 2 N–H and O–H groups in total. The second kappa shape index (κ2) is 9.46. The third-order valence-electron chi connectivity index (χ3n) is 7.01. The van der Waals surface area contributed by atoms with Gasteiger partial charge in [0.25, 0.3) is 5.91 Å². The Balaban J connectivity index is 1.22. The molecular weight excluding hydrogens is 434 g/mol. The van der Waals surface area contributed by atoms with E-state index in [1.807, 2.05) is 24.3 Å². The maximum absolute atomic E-state index is 12.9. The summed E-state index contributed by atoms with van der Waals surface area (Å²) in [6, 6.07) is 12.5. The number of fused-ring (bicyclic) bond motifs is 1. The van der Waals surface area contributed by atoms with Crippen LogP contribution in [0.2, 0.25) is 0 Å². The van der Waals surface area contributed by atoms with Crippen molar-refractivity contribution in [3.05, 3.63) is 59.2 Å². The highest BCUT2D eigenvalue weighted by Gasteiger charge is 2.39. The van der Waals surface area contributed by atoms with Crippen LogP contribution in [-0.4, -0.2) is 57.9 Å². The van der Waals surface area contributed by atoms with Gasteiger partial charge in [0.2, 0.25) is 11.8 Å². The molecule has 34 heavy (non-hydrogen) atoms. The van der Waals surface area contributed by atoms with E-state index < -0.39 is 11.9 Å². The zero-order chi connectivity index (χ0) is 23.7. The maximum atomic E-state index is 12.9. The Bertz CT molecular complexity index is 1100. The fraction of sp³-hybridized carbons (Fsp3) is 0.423. The van der Waals surface area contributed by atoms with Crippen LogP contribution < -0.4 is 10.1 Å². The van der Waals surface area contributed by atoms with Gasteiger partial charge < -0.3 is 14.7 Å². The van der Waals surface area contributed by atoms with Crippen LogP contribution in [0.15, 0.2) is 42.5 Å². The average molecular weight is 464 g/mol. The second-order valence-electron chi connectivity index (χ2n) is 9.32. The first-order valence-corrected chi connectivity index (χ1v) is 11.9. The molecule has 2 aromatic carbocycles. The number of phenolic OH excluding ortho intramolecular Hbond substituents is 1. The summed E-state index contributed by atoms with van der Waals surface area (Å²) in [5, 5.41) is 11.9. The Labute approximate surface area is 198 Å². The molecule has 2 unspecified atom stereocenters. The molecule has 0 aliphatic carbocycles. The van der Waals surface area contributed by atoms with Crippen molar-refractivity contribution in [3.63, 3.8) is 0 Å². The van der Waals surface area contributed by atoms with Crippen LogP contribution >= 0.6 is 0 Å². The van der Waals surface area contributed by atoms with Crippen LogP contribution in [0.5, 0.6) is 11.5 Å². The zero-order valence-electron chi connectivity index (χ0n) is 19.0. The molecule has 2 atom stereocenters. The maximum Gasteiger partial charge on any atom is 0.255 e. The number of piperidine rings is 2. The molecule has 8 heteroatoms. The van der Waals surface area contributed by atoms with Gasteiger partial charge in [0.15, 0.2) is 0 Å². The molecule has 5 rings (SSSR count). The number of rotatable bonds is 6. The SMILES string of the molecule is O=C1CCC(N2Cc3cc(OCC4CCCCN4Cc4ccc(O)cc4)ccc3C2=O)C(=O)N1. The van der Waals surface area contributed by atoms with Gasteiger partial charge in [0, 0.05) is 31.1 Å². The molecule has 0 radical (unpaired) electrons. The van der Waals surface area contributed by atoms with E-state index in [1.54, 1.807) is 23.1 Å². The van der Waals surface area contributed by atoms with E-state index in [9.17, 15) is 19.5 Å². The third-order valence-corrected chi connectivity index (χ3v) is 7.01. The summed E-state index contributed by atoms with van der Waals surface area (Å²) in [5.41, 5.74) is 2.59. The number of likely N-dealkylation sites (tertiary alicyclic amines) is 1. The number of hydrogen-bond acceptors (Lipinski definition) is 6. The van der Waals surface area contributed by atoms with Crippen molar-refractivity contribution < 1.29 is 24.2 Å². The van der Waals surface area contributed by atoms with Gasteiger partial charge in [0.05, 0.1) is 0 Å². The standard InChI is InChI=1S/C26H29N3O5/c30-20-6-4-17(5-7-20)14-28-12-2-1-3-19(28)16-34-21-8-9-22-18(13-21)15-29(26(22)33)23-10-11-24(31)27-25(23)32/h4-9,13,19,23,30H,1-3,10-12,14-16H2,(H,27,31,32). The van der Waals surface area contributed by atoms with E-state index >= 15 is 0 Å². The number of aromatic hydroxyl groups is 1. The minimum Gasteiger partial charge on any atom is -0.508 e. The second-order valence-corrected chi connectivity index (χ2v) is 9.32. The molecule has 2 aromatic rings. The summed E-state index contributed by atoms with van der Waals surface area (Å²) in [6.07, 6.45) is 3.98. The molecule has 0 saturated carbocycles. The lowest BCUT2D eigenvalue weighted by molar-refractivity contribution is -0.136. The summed E-state index contributed by atoms with van der Waals surface area (Å²) in [6.45, 7) is 2.72. The van der Waals surface area contributed by atoms with E-state index in [0.717, 1.165) is 37.1 Å². The van der Waals surface area contributed by atoms with Gasteiger partial charge in [-0.1, -0.05) is 18.6 Å². The first-order chi connectivity index (χ1) is 16.5. The van der Waals surface area contributed by atoms with Gasteiger partial charge in [-0.15, -0.1) is 0 Å². The normalized spacial score (nSPS) is 23.1. The smallest absolute Gasteiger partial charge is 0.255 e. The first kappa shape index (κ1) is 22.4. The molecule has 0 bridgehead atoms. The predicted molar refractivity (Wildman–Crippen MR) is 124 cm³/mol. The molecular formula is C26H29N3O5. The van der Waals surface area contributed by atoms with Crippen molar-refractivity contribution >= 4 is 17.7 Å². The number of benzene rings is 2. The van der Waals surface area contributed by atoms with Gasteiger partial charge >= 0.3 is 0 Å². The molecule has 3 amide bonds. The Hall–Kier alpha value is -3.39. The first-order valence-electron chi connectivity index (χ1n) is 11.9. The average Bonchev–Trinajstić information content (AvgIpc) is 3.15. The van der Waals surface area contributed by atoms with Crippen molar-refractivity contribution in [1.82, 2.24) is 15.1 Å². The lowest BCUT2D eigenvalue weighted by Crippen LogP contribution is -2.52. The van der Waals surface area contributed by atoms with Gasteiger partial charge in [-0.3, -0.25) is 24.6 Å². The van der Waals surface area contributed by atoms with E-state index in [2.05, 4.69) is 10.2 Å². The lowest BCUT2D eigenvalue weighted by atomic mass is 10.0. The van der Waals surface area contributed by atoms with Crippen LogP contribution in [0, 0.1) is 0 Å². The van der Waals surface area contributed by atoms with Crippen LogP contribution in [-0.2, 0) is 22.7 Å².